The van der Waals surface area contributed by atoms with E-state index in [1.807, 2.05) is 24.3 Å². The summed E-state index contributed by atoms with van der Waals surface area (Å²) in [4.78, 5) is 10.8. The van der Waals surface area contributed by atoms with Crippen molar-refractivity contribution in [2.75, 3.05) is 7.05 Å². The van der Waals surface area contributed by atoms with E-state index in [1.54, 1.807) is 7.05 Å². The van der Waals surface area contributed by atoms with Crippen LogP contribution in [-0.4, -0.2) is 24.2 Å². The molecule has 0 fully saturated rings. The molecule has 0 aromatic heterocycles. The summed E-state index contributed by atoms with van der Waals surface area (Å²) < 4.78 is 0. The summed E-state index contributed by atoms with van der Waals surface area (Å²) in [5.74, 6) is -0.354. The van der Waals surface area contributed by atoms with Crippen molar-refractivity contribution in [2.45, 2.75) is 18.3 Å². The van der Waals surface area contributed by atoms with Crippen LogP contribution in [0.5, 0.6) is 0 Å². The van der Waals surface area contributed by atoms with E-state index in [0.717, 1.165) is 11.1 Å². The number of rotatable bonds is 5. The third-order valence-electron chi connectivity index (χ3n) is 2.26. The van der Waals surface area contributed by atoms with Crippen molar-refractivity contribution in [1.29, 1.82) is 0 Å². The van der Waals surface area contributed by atoms with Gasteiger partial charge in [0.15, 0.2) is 0 Å². The van der Waals surface area contributed by atoms with Crippen molar-refractivity contribution in [3.63, 3.8) is 0 Å². The monoisotopic (exact) mass is 263 g/mol. The van der Waals surface area contributed by atoms with Gasteiger partial charge in [0.1, 0.15) is 6.04 Å². The molecule has 0 spiro atoms. The molecule has 5 heteroatoms. The molecule has 0 bridgehead atoms. The molecule has 0 aliphatic heterocycles. The van der Waals surface area contributed by atoms with Crippen LogP contribution >= 0.6 is 24.0 Å². The molecule has 1 rings (SSSR count). The van der Waals surface area contributed by atoms with E-state index in [2.05, 4.69) is 5.32 Å². The maximum atomic E-state index is 10.8. The summed E-state index contributed by atoms with van der Waals surface area (Å²) in [6.07, 6.45) is 0.481. The van der Waals surface area contributed by atoms with Gasteiger partial charge in [-0.15, -0.1) is 24.0 Å². The Morgan fingerprint density at radius 1 is 1.38 bits per heavy atom. The van der Waals surface area contributed by atoms with Gasteiger partial charge in [0.05, 0.1) is 0 Å². The Morgan fingerprint density at radius 2 is 1.88 bits per heavy atom. The third-order valence-corrected chi connectivity index (χ3v) is 2.57. The Bertz CT molecular complexity index is 327. The van der Waals surface area contributed by atoms with Gasteiger partial charge in [0.25, 0.3) is 0 Å². The number of benzene rings is 1. The second-order valence-corrected chi connectivity index (χ2v) is 3.60. The number of carbonyl (C=O) groups is 1. The highest BCUT2D eigenvalue weighted by molar-refractivity contribution is 6.17. The zero-order valence-electron chi connectivity index (χ0n) is 8.94. The number of carboxylic acid groups (broad SMARTS) is 1. The van der Waals surface area contributed by atoms with Crippen molar-refractivity contribution < 1.29 is 9.90 Å². The summed E-state index contributed by atoms with van der Waals surface area (Å²) in [5, 5.41) is 11.6. The quantitative estimate of drug-likeness (QED) is 0.800. The Balaban J connectivity index is 0.00000225. The smallest absolute Gasteiger partial charge is 0.321 e. The standard InChI is InChI=1S/C11H14ClNO2.ClH/c1-13-10(11(14)15)6-8-2-4-9(7-12)5-3-8;/h2-5,10,13H,6-7H2,1H3,(H,14,15);1H/t10-;/m0./s1. The molecule has 0 unspecified atom stereocenters. The summed E-state index contributed by atoms with van der Waals surface area (Å²) in [6.45, 7) is 0. The van der Waals surface area contributed by atoms with Crippen molar-refractivity contribution >= 4 is 30.0 Å². The first kappa shape index (κ1) is 15.2. The van der Waals surface area contributed by atoms with Gasteiger partial charge in [-0.3, -0.25) is 4.79 Å². The molecular weight excluding hydrogens is 249 g/mol. The molecule has 1 atom stereocenters. The first-order chi connectivity index (χ1) is 7.17. The molecule has 0 saturated carbocycles. The lowest BCUT2D eigenvalue weighted by Gasteiger charge is -2.11. The minimum Gasteiger partial charge on any atom is -0.480 e. The molecule has 16 heavy (non-hydrogen) atoms. The topological polar surface area (TPSA) is 49.3 Å². The summed E-state index contributed by atoms with van der Waals surface area (Å²) in [5.41, 5.74) is 2.03. The number of carboxylic acids is 1. The molecule has 1 aromatic carbocycles. The number of hydrogen-bond acceptors (Lipinski definition) is 2. The Hall–Kier alpha value is -0.770. The molecule has 0 aliphatic rings. The van der Waals surface area contributed by atoms with Crippen LogP contribution in [0.25, 0.3) is 0 Å². The number of alkyl halides is 1. The van der Waals surface area contributed by atoms with Gasteiger partial charge in [-0.2, -0.15) is 0 Å². The van der Waals surface area contributed by atoms with Gasteiger partial charge < -0.3 is 10.4 Å². The van der Waals surface area contributed by atoms with Crippen molar-refractivity contribution in [1.82, 2.24) is 5.32 Å². The Morgan fingerprint density at radius 3 is 2.25 bits per heavy atom. The van der Waals surface area contributed by atoms with Crippen LogP contribution in [0, 0.1) is 0 Å². The minimum atomic E-state index is -0.834. The number of aliphatic carboxylic acids is 1. The highest BCUT2D eigenvalue weighted by atomic mass is 35.5. The van der Waals surface area contributed by atoms with Crippen LogP contribution in [0.2, 0.25) is 0 Å². The largest absolute Gasteiger partial charge is 0.480 e. The van der Waals surface area contributed by atoms with Gasteiger partial charge in [0.2, 0.25) is 0 Å². The van der Waals surface area contributed by atoms with E-state index in [1.165, 1.54) is 0 Å². The second-order valence-electron chi connectivity index (χ2n) is 3.33. The second kappa shape index (κ2) is 7.49. The van der Waals surface area contributed by atoms with Crippen molar-refractivity contribution in [2.24, 2.45) is 0 Å². The SMILES string of the molecule is CN[C@@H](Cc1ccc(CCl)cc1)C(=O)O.Cl. The van der Waals surface area contributed by atoms with Crippen LogP contribution in [0.15, 0.2) is 24.3 Å². The number of likely N-dealkylation sites (N-methyl/N-ethyl adjacent to an activating group) is 1. The normalized spacial score (nSPS) is 11.6. The fraction of sp³-hybridized carbons (Fsp3) is 0.364. The number of halogens is 2. The fourth-order valence-electron chi connectivity index (χ4n) is 1.31. The van der Waals surface area contributed by atoms with E-state index in [4.69, 9.17) is 16.7 Å². The van der Waals surface area contributed by atoms with E-state index in [-0.39, 0.29) is 12.4 Å². The predicted molar refractivity (Wildman–Crippen MR) is 67.4 cm³/mol. The van der Waals surface area contributed by atoms with Gasteiger partial charge in [0, 0.05) is 5.88 Å². The third kappa shape index (κ3) is 4.39. The van der Waals surface area contributed by atoms with E-state index in [0.29, 0.717) is 12.3 Å². The molecule has 0 saturated heterocycles. The molecule has 90 valence electrons. The molecule has 0 amide bonds. The van der Waals surface area contributed by atoms with Gasteiger partial charge >= 0.3 is 5.97 Å². The van der Waals surface area contributed by atoms with Crippen molar-refractivity contribution in [3.8, 4) is 0 Å². The average Bonchev–Trinajstić information content (AvgIpc) is 2.26. The van der Waals surface area contributed by atoms with Gasteiger partial charge in [-0.05, 0) is 24.6 Å². The lowest BCUT2D eigenvalue weighted by molar-refractivity contribution is -0.139. The average molecular weight is 264 g/mol. The van der Waals surface area contributed by atoms with Crippen LogP contribution in [0.1, 0.15) is 11.1 Å². The van der Waals surface area contributed by atoms with Crippen LogP contribution in [-0.2, 0) is 17.1 Å². The fourth-order valence-corrected chi connectivity index (χ4v) is 1.49. The maximum absolute atomic E-state index is 10.8. The summed E-state index contributed by atoms with van der Waals surface area (Å²) in [6, 6.07) is 7.11. The summed E-state index contributed by atoms with van der Waals surface area (Å²) >= 11 is 5.66. The lowest BCUT2D eigenvalue weighted by Crippen LogP contribution is -2.35. The zero-order valence-corrected chi connectivity index (χ0v) is 10.5. The Kier molecular flexibility index (Phi) is 7.13. The Labute approximate surface area is 106 Å². The molecule has 1 aromatic rings. The van der Waals surface area contributed by atoms with E-state index < -0.39 is 12.0 Å². The highest BCUT2D eigenvalue weighted by Gasteiger charge is 2.14. The molecule has 0 radical (unpaired) electrons. The van der Waals surface area contributed by atoms with Crippen LogP contribution < -0.4 is 5.32 Å². The highest BCUT2D eigenvalue weighted by Crippen LogP contribution is 2.08. The summed E-state index contributed by atoms with van der Waals surface area (Å²) in [7, 11) is 1.64. The van der Waals surface area contributed by atoms with E-state index in [9.17, 15) is 4.79 Å². The van der Waals surface area contributed by atoms with Gasteiger partial charge in [-0.1, -0.05) is 24.3 Å². The number of nitrogens with one attached hydrogen (secondary N) is 1. The predicted octanol–water partition coefficient (Wildman–Crippen LogP) is 2.06. The van der Waals surface area contributed by atoms with Crippen LogP contribution in [0.4, 0.5) is 0 Å². The first-order valence-corrected chi connectivity index (χ1v) is 5.24. The molecule has 0 aliphatic carbocycles. The maximum Gasteiger partial charge on any atom is 0.321 e. The van der Waals surface area contributed by atoms with E-state index >= 15 is 0 Å². The molecule has 0 heterocycles. The minimum absolute atomic E-state index is 0. The first-order valence-electron chi connectivity index (χ1n) is 4.71. The lowest BCUT2D eigenvalue weighted by atomic mass is 10.0. The zero-order chi connectivity index (χ0) is 11.3. The number of hydrogen-bond donors (Lipinski definition) is 2. The van der Waals surface area contributed by atoms with Gasteiger partial charge in [-0.25, -0.2) is 0 Å². The van der Waals surface area contributed by atoms with Crippen molar-refractivity contribution in [3.05, 3.63) is 35.4 Å². The molecule has 2 N–H and O–H groups in total. The molecular formula is C11H15Cl2NO2. The van der Waals surface area contributed by atoms with Crippen LogP contribution in [0.3, 0.4) is 0 Å². The molecule has 3 nitrogen and oxygen atoms in total.